The highest BCUT2D eigenvalue weighted by atomic mass is 35.5. The van der Waals surface area contributed by atoms with Gasteiger partial charge in [-0.25, -0.2) is 0 Å². The fourth-order valence-electron chi connectivity index (χ4n) is 2.27. The Labute approximate surface area is 117 Å². The first kappa shape index (κ1) is 13.9. The lowest BCUT2D eigenvalue weighted by Crippen LogP contribution is -2.38. The van der Waals surface area contributed by atoms with Crippen molar-refractivity contribution in [2.75, 3.05) is 11.4 Å². The van der Waals surface area contributed by atoms with E-state index in [-0.39, 0.29) is 5.91 Å². The fourth-order valence-corrected chi connectivity index (χ4v) is 2.44. The third kappa shape index (κ3) is 2.89. The Bertz CT molecular complexity index is 526. The van der Waals surface area contributed by atoms with E-state index in [2.05, 4.69) is 5.16 Å². The van der Waals surface area contributed by atoms with Gasteiger partial charge in [0.1, 0.15) is 0 Å². The first-order valence-electron chi connectivity index (χ1n) is 6.34. The molecule has 0 aliphatic carbocycles. The molecule has 1 aliphatic rings. The highest BCUT2D eigenvalue weighted by Crippen LogP contribution is 2.30. The largest absolute Gasteiger partial charge is 0.411 e. The number of anilines is 1. The number of carbonyl (C=O) groups is 1. The van der Waals surface area contributed by atoms with Crippen molar-refractivity contribution >= 4 is 28.9 Å². The maximum Gasteiger partial charge on any atom is 0.227 e. The minimum Gasteiger partial charge on any atom is -0.411 e. The van der Waals surface area contributed by atoms with Crippen molar-refractivity contribution in [3.8, 4) is 0 Å². The second-order valence-corrected chi connectivity index (χ2v) is 5.54. The Morgan fingerprint density at radius 1 is 1.53 bits per heavy atom. The number of nitrogens with zero attached hydrogens (tertiary/aromatic N) is 2. The molecule has 1 amide bonds. The van der Waals surface area contributed by atoms with Crippen LogP contribution in [0.4, 0.5) is 5.69 Å². The predicted octanol–water partition coefficient (Wildman–Crippen LogP) is 3.30. The Kier molecular flexibility index (Phi) is 4.10. The number of hydrogen-bond acceptors (Lipinski definition) is 3. The number of hydrogen-bond donors (Lipinski definition) is 1. The highest BCUT2D eigenvalue weighted by molar-refractivity contribution is 6.31. The molecule has 0 aromatic heterocycles. The van der Waals surface area contributed by atoms with Crippen molar-refractivity contribution in [2.45, 2.75) is 26.7 Å². The number of rotatable bonds is 2. The van der Waals surface area contributed by atoms with Crippen LogP contribution in [-0.4, -0.2) is 23.4 Å². The molecule has 5 heteroatoms. The quantitative estimate of drug-likeness (QED) is 0.667. The summed E-state index contributed by atoms with van der Waals surface area (Å²) in [5.74, 6) is 0.409. The van der Waals surface area contributed by atoms with Crippen LogP contribution in [0.1, 0.15) is 32.3 Å². The van der Waals surface area contributed by atoms with Gasteiger partial charge in [-0.1, -0.05) is 30.6 Å². The monoisotopic (exact) mass is 280 g/mol. The second kappa shape index (κ2) is 5.61. The van der Waals surface area contributed by atoms with E-state index < -0.39 is 0 Å². The number of oxime groups is 1. The molecule has 1 aliphatic heterocycles. The van der Waals surface area contributed by atoms with Crippen LogP contribution in [0.2, 0.25) is 5.02 Å². The van der Waals surface area contributed by atoms with Crippen LogP contribution in [0.5, 0.6) is 0 Å². The molecule has 102 valence electrons. The van der Waals surface area contributed by atoms with E-state index in [1.54, 1.807) is 23.1 Å². The smallest absolute Gasteiger partial charge is 0.227 e. The summed E-state index contributed by atoms with van der Waals surface area (Å²) in [6.45, 7) is 4.58. The minimum absolute atomic E-state index is 0.0931. The minimum atomic E-state index is 0.0931. The van der Waals surface area contributed by atoms with E-state index in [4.69, 9.17) is 16.8 Å². The third-order valence-electron chi connectivity index (χ3n) is 3.14. The molecule has 0 saturated heterocycles. The average Bonchev–Trinajstić information content (AvgIpc) is 2.36. The zero-order chi connectivity index (χ0) is 14.0. The fraction of sp³-hybridized carbons (Fsp3) is 0.429. The number of benzene rings is 1. The summed E-state index contributed by atoms with van der Waals surface area (Å²) in [6.07, 6.45) is 1.04. The lowest BCUT2D eigenvalue weighted by Gasteiger charge is -2.30. The number of halogens is 1. The molecule has 1 aromatic carbocycles. The van der Waals surface area contributed by atoms with Crippen molar-refractivity contribution in [2.24, 2.45) is 11.1 Å². The van der Waals surface area contributed by atoms with Gasteiger partial charge in [0.25, 0.3) is 0 Å². The molecule has 2 rings (SSSR count). The van der Waals surface area contributed by atoms with Gasteiger partial charge in [0, 0.05) is 30.0 Å². The van der Waals surface area contributed by atoms with Crippen LogP contribution in [-0.2, 0) is 4.79 Å². The molecule has 0 spiro atoms. The zero-order valence-corrected chi connectivity index (χ0v) is 11.8. The lowest BCUT2D eigenvalue weighted by atomic mass is 9.98. The first-order chi connectivity index (χ1) is 9.02. The maximum atomic E-state index is 12.2. The van der Waals surface area contributed by atoms with Crippen molar-refractivity contribution in [1.29, 1.82) is 0 Å². The Morgan fingerprint density at radius 3 is 2.89 bits per heavy atom. The summed E-state index contributed by atoms with van der Waals surface area (Å²) in [5, 5.41) is 12.9. The van der Waals surface area contributed by atoms with Crippen LogP contribution < -0.4 is 4.90 Å². The summed E-state index contributed by atoms with van der Waals surface area (Å²) < 4.78 is 0. The van der Waals surface area contributed by atoms with Crippen molar-refractivity contribution in [3.63, 3.8) is 0 Å². The summed E-state index contributed by atoms with van der Waals surface area (Å²) >= 11 is 5.97. The van der Waals surface area contributed by atoms with Gasteiger partial charge >= 0.3 is 0 Å². The Balaban J connectivity index is 2.39. The van der Waals surface area contributed by atoms with Crippen molar-refractivity contribution in [3.05, 3.63) is 28.8 Å². The van der Waals surface area contributed by atoms with Crippen LogP contribution in [0.15, 0.2) is 23.4 Å². The molecule has 0 bridgehead atoms. The summed E-state index contributed by atoms with van der Waals surface area (Å²) in [6, 6.07) is 5.29. The van der Waals surface area contributed by atoms with E-state index in [1.807, 2.05) is 13.8 Å². The molecule has 4 nitrogen and oxygen atoms in total. The number of amides is 1. The molecule has 19 heavy (non-hydrogen) atoms. The van der Waals surface area contributed by atoms with E-state index in [0.29, 0.717) is 36.0 Å². The highest BCUT2D eigenvalue weighted by Gasteiger charge is 2.26. The third-order valence-corrected chi connectivity index (χ3v) is 3.37. The first-order valence-corrected chi connectivity index (χ1v) is 6.72. The van der Waals surface area contributed by atoms with Crippen LogP contribution in [0.25, 0.3) is 0 Å². The average molecular weight is 281 g/mol. The SMILES string of the molecule is CC(C)CC(=O)N1CCC(=NO)c2cc(Cl)ccc21. The van der Waals surface area contributed by atoms with Crippen LogP contribution in [0, 0.1) is 5.92 Å². The Morgan fingerprint density at radius 2 is 2.26 bits per heavy atom. The van der Waals surface area contributed by atoms with E-state index in [0.717, 1.165) is 11.3 Å². The standard InChI is InChI=1S/C14H17ClN2O2/c1-9(2)7-14(18)17-6-5-12(16-19)11-8-10(15)3-4-13(11)17/h3-4,8-9,19H,5-7H2,1-2H3. The van der Waals surface area contributed by atoms with Crippen molar-refractivity contribution < 1.29 is 10.0 Å². The second-order valence-electron chi connectivity index (χ2n) is 5.10. The van der Waals surface area contributed by atoms with E-state index >= 15 is 0 Å². The van der Waals surface area contributed by atoms with Gasteiger partial charge in [-0.3, -0.25) is 4.79 Å². The molecular weight excluding hydrogens is 264 g/mol. The molecular formula is C14H17ClN2O2. The lowest BCUT2D eigenvalue weighted by molar-refractivity contribution is -0.119. The molecule has 0 unspecified atom stereocenters. The van der Waals surface area contributed by atoms with Crippen molar-refractivity contribution in [1.82, 2.24) is 0 Å². The van der Waals surface area contributed by atoms with Crippen LogP contribution >= 0.6 is 11.6 Å². The van der Waals surface area contributed by atoms with Crippen LogP contribution in [0.3, 0.4) is 0 Å². The van der Waals surface area contributed by atoms with Gasteiger partial charge in [0.2, 0.25) is 5.91 Å². The van der Waals surface area contributed by atoms with Gasteiger partial charge in [-0.05, 0) is 24.1 Å². The van der Waals surface area contributed by atoms with Gasteiger partial charge in [0.05, 0.1) is 11.4 Å². The summed E-state index contributed by atoms with van der Waals surface area (Å²) in [4.78, 5) is 14.0. The molecule has 1 aromatic rings. The topological polar surface area (TPSA) is 52.9 Å². The number of fused-ring (bicyclic) bond motifs is 1. The molecule has 0 saturated carbocycles. The van der Waals surface area contributed by atoms with Gasteiger partial charge < -0.3 is 10.1 Å². The molecule has 1 N–H and O–H groups in total. The normalized spacial score (nSPS) is 16.8. The predicted molar refractivity (Wildman–Crippen MR) is 76.2 cm³/mol. The molecule has 0 radical (unpaired) electrons. The molecule has 0 atom stereocenters. The number of carbonyl (C=O) groups excluding carboxylic acids is 1. The van der Waals surface area contributed by atoms with Gasteiger partial charge in [-0.2, -0.15) is 0 Å². The van der Waals surface area contributed by atoms with E-state index in [1.165, 1.54) is 0 Å². The van der Waals surface area contributed by atoms with Gasteiger partial charge in [-0.15, -0.1) is 0 Å². The summed E-state index contributed by atoms with van der Waals surface area (Å²) in [5.41, 5.74) is 2.08. The van der Waals surface area contributed by atoms with Gasteiger partial charge in [0.15, 0.2) is 0 Å². The maximum absolute atomic E-state index is 12.2. The Hall–Kier alpha value is -1.55. The molecule has 1 heterocycles. The molecule has 0 fully saturated rings. The van der Waals surface area contributed by atoms with E-state index in [9.17, 15) is 4.79 Å². The summed E-state index contributed by atoms with van der Waals surface area (Å²) in [7, 11) is 0. The zero-order valence-electron chi connectivity index (χ0n) is 11.1.